The molecule has 0 fully saturated rings. The highest BCUT2D eigenvalue weighted by atomic mass is 79.9. The van der Waals surface area contributed by atoms with Crippen LogP contribution in [0.2, 0.25) is 0 Å². The molecule has 0 aliphatic carbocycles. The van der Waals surface area contributed by atoms with Crippen LogP contribution in [-0.2, 0) is 10.3 Å². The number of nitrogens with zero attached hydrogens (tertiary/aromatic N) is 2. The summed E-state index contributed by atoms with van der Waals surface area (Å²) in [5.41, 5.74) is 5.97. The summed E-state index contributed by atoms with van der Waals surface area (Å²) in [5, 5.41) is 0. The molecule has 1 unspecified atom stereocenters. The van der Waals surface area contributed by atoms with Gasteiger partial charge in [0, 0.05) is 22.6 Å². The lowest BCUT2D eigenvalue weighted by Gasteiger charge is -2.33. The van der Waals surface area contributed by atoms with Crippen LogP contribution in [0.5, 0.6) is 17.2 Å². The minimum atomic E-state index is -1.26. The second-order valence-corrected chi connectivity index (χ2v) is 6.56. The molecule has 2 heterocycles. The molecule has 0 bridgehead atoms. The molecule has 6 nitrogen and oxygen atoms in total. The number of likely N-dealkylation sites (N-methyl/N-ethyl adjacent to an activating group) is 1. The van der Waals surface area contributed by atoms with E-state index in [2.05, 4.69) is 20.9 Å². The zero-order valence-electron chi connectivity index (χ0n) is 13.0. The highest BCUT2D eigenvalue weighted by molar-refractivity contribution is 9.10. The number of methoxy groups -OCH3 is 1. The topological polar surface area (TPSA) is 77.2 Å². The van der Waals surface area contributed by atoms with E-state index < -0.39 is 5.54 Å². The summed E-state index contributed by atoms with van der Waals surface area (Å²) in [6.07, 6.45) is 0. The van der Waals surface area contributed by atoms with Crippen LogP contribution in [0.4, 0.5) is 0 Å². The molecule has 2 aliphatic rings. The van der Waals surface area contributed by atoms with E-state index in [1.807, 2.05) is 18.2 Å². The third-order valence-electron chi connectivity index (χ3n) is 4.37. The molecule has 0 aromatic heterocycles. The lowest BCUT2D eigenvalue weighted by Crippen LogP contribution is -2.42. The number of amides is 1. The smallest absolute Gasteiger partial charge is 0.266 e. The summed E-state index contributed by atoms with van der Waals surface area (Å²) in [6, 6.07) is 10.8. The zero-order valence-corrected chi connectivity index (χ0v) is 14.6. The van der Waals surface area contributed by atoms with Crippen molar-refractivity contribution in [3.63, 3.8) is 0 Å². The van der Waals surface area contributed by atoms with E-state index in [9.17, 15) is 4.79 Å². The molecule has 1 atom stereocenters. The van der Waals surface area contributed by atoms with Crippen molar-refractivity contribution < 1.29 is 14.3 Å². The third-order valence-corrected chi connectivity index (χ3v) is 4.86. The average molecular weight is 388 g/mol. The number of fused-ring (bicyclic) bond motifs is 4. The fourth-order valence-electron chi connectivity index (χ4n) is 3.14. The first-order valence-electron chi connectivity index (χ1n) is 7.27. The molecule has 1 amide bonds. The van der Waals surface area contributed by atoms with E-state index >= 15 is 0 Å². The first-order valence-corrected chi connectivity index (χ1v) is 8.06. The molecule has 122 valence electrons. The molecule has 0 saturated heterocycles. The molecule has 7 heteroatoms. The minimum absolute atomic E-state index is 0.168. The molecular weight excluding hydrogens is 374 g/mol. The van der Waals surface area contributed by atoms with Gasteiger partial charge in [-0.1, -0.05) is 15.9 Å². The number of aliphatic imine (C=N–C) groups is 1. The molecule has 2 aliphatic heterocycles. The van der Waals surface area contributed by atoms with Gasteiger partial charge in [-0.2, -0.15) is 0 Å². The number of hydrogen-bond donors (Lipinski definition) is 1. The Balaban J connectivity index is 2.09. The Hall–Kier alpha value is -2.54. The van der Waals surface area contributed by atoms with Crippen molar-refractivity contribution in [3.8, 4) is 17.2 Å². The van der Waals surface area contributed by atoms with Crippen molar-refractivity contribution in [2.24, 2.45) is 10.7 Å². The van der Waals surface area contributed by atoms with Crippen molar-refractivity contribution in [2.75, 3.05) is 14.2 Å². The fraction of sp³-hybridized carbons (Fsp3) is 0.176. The van der Waals surface area contributed by atoms with Crippen LogP contribution in [0, 0.1) is 0 Å². The van der Waals surface area contributed by atoms with Gasteiger partial charge < -0.3 is 15.2 Å². The van der Waals surface area contributed by atoms with E-state index in [0.29, 0.717) is 28.4 Å². The Morgan fingerprint density at radius 2 is 1.88 bits per heavy atom. The summed E-state index contributed by atoms with van der Waals surface area (Å²) < 4.78 is 12.1. The first-order chi connectivity index (χ1) is 11.5. The highest BCUT2D eigenvalue weighted by Crippen LogP contribution is 2.52. The van der Waals surface area contributed by atoms with Gasteiger partial charge in [0.25, 0.3) is 5.91 Å². The predicted octanol–water partition coefficient (Wildman–Crippen LogP) is 2.59. The van der Waals surface area contributed by atoms with E-state index in [4.69, 9.17) is 15.2 Å². The van der Waals surface area contributed by atoms with Crippen LogP contribution in [-0.4, -0.2) is 30.9 Å². The summed E-state index contributed by atoms with van der Waals surface area (Å²) in [6.45, 7) is 0. The normalized spacial score (nSPS) is 21.2. The van der Waals surface area contributed by atoms with Crippen LogP contribution in [0.3, 0.4) is 0 Å². The molecule has 2 N–H and O–H groups in total. The zero-order chi connectivity index (χ0) is 17.1. The Labute approximate surface area is 147 Å². The molecule has 0 saturated carbocycles. The first kappa shape index (κ1) is 15.0. The van der Waals surface area contributed by atoms with Crippen LogP contribution in [0.15, 0.2) is 45.9 Å². The number of hydrogen-bond acceptors (Lipinski definition) is 5. The number of nitrogens with two attached hydrogens (primary N) is 1. The van der Waals surface area contributed by atoms with Gasteiger partial charge in [0.1, 0.15) is 17.2 Å². The number of carbonyl (C=O) groups is 1. The maximum Gasteiger partial charge on any atom is 0.266 e. The summed E-state index contributed by atoms with van der Waals surface area (Å²) in [4.78, 5) is 19.1. The quantitative estimate of drug-likeness (QED) is 0.815. The Bertz CT molecular complexity index is 912. The second kappa shape index (κ2) is 4.98. The molecule has 1 spiro atoms. The van der Waals surface area contributed by atoms with Crippen LogP contribution in [0.25, 0.3) is 0 Å². The van der Waals surface area contributed by atoms with Crippen LogP contribution >= 0.6 is 15.9 Å². The number of rotatable bonds is 1. The van der Waals surface area contributed by atoms with Gasteiger partial charge in [0.05, 0.1) is 7.11 Å². The van der Waals surface area contributed by atoms with Gasteiger partial charge in [-0.3, -0.25) is 9.69 Å². The summed E-state index contributed by atoms with van der Waals surface area (Å²) in [5.74, 6) is 1.70. The number of ether oxygens (including phenoxy) is 2. The Morgan fingerprint density at radius 3 is 2.50 bits per heavy atom. The van der Waals surface area contributed by atoms with E-state index in [1.165, 1.54) is 4.90 Å². The largest absolute Gasteiger partial charge is 0.497 e. The van der Waals surface area contributed by atoms with Gasteiger partial charge in [-0.25, -0.2) is 4.99 Å². The van der Waals surface area contributed by atoms with Gasteiger partial charge >= 0.3 is 0 Å². The number of halogens is 1. The molecule has 2 aromatic rings. The van der Waals surface area contributed by atoms with Gasteiger partial charge in [0.2, 0.25) is 5.54 Å². The maximum atomic E-state index is 13.1. The Morgan fingerprint density at radius 1 is 1.21 bits per heavy atom. The molecule has 24 heavy (non-hydrogen) atoms. The van der Waals surface area contributed by atoms with E-state index in [0.717, 1.165) is 4.47 Å². The van der Waals surface area contributed by atoms with Crippen molar-refractivity contribution in [2.45, 2.75) is 5.54 Å². The van der Waals surface area contributed by atoms with Crippen LogP contribution < -0.4 is 15.2 Å². The lowest BCUT2D eigenvalue weighted by molar-refractivity contribution is -0.129. The maximum absolute atomic E-state index is 13.1. The molecule has 2 aromatic carbocycles. The number of guanidine groups is 1. The third kappa shape index (κ3) is 1.81. The molecule has 4 rings (SSSR count). The minimum Gasteiger partial charge on any atom is -0.497 e. The predicted molar refractivity (Wildman–Crippen MR) is 92.4 cm³/mol. The second-order valence-electron chi connectivity index (χ2n) is 5.65. The van der Waals surface area contributed by atoms with Crippen molar-refractivity contribution in [3.05, 3.63) is 52.0 Å². The van der Waals surface area contributed by atoms with Gasteiger partial charge in [-0.05, 0) is 36.4 Å². The van der Waals surface area contributed by atoms with Crippen molar-refractivity contribution >= 4 is 27.8 Å². The summed E-state index contributed by atoms with van der Waals surface area (Å²) >= 11 is 3.45. The fourth-order valence-corrected chi connectivity index (χ4v) is 3.50. The van der Waals surface area contributed by atoms with Gasteiger partial charge in [0.15, 0.2) is 5.96 Å². The van der Waals surface area contributed by atoms with Crippen molar-refractivity contribution in [1.29, 1.82) is 0 Å². The highest BCUT2D eigenvalue weighted by Gasteiger charge is 2.54. The lowest BCUT2D eigenvalue weighted by atomic mass is 9.80. The average Bonchev–Trinajstić information content (AvgIpc) is 2.81. The summed E-state index contributed by atoms with van der Waals surface area (Å²) in [7, 11) is 3.19. The molecular formula is C17H14BrN3O3. The number of carbonyl (C=O) groups excluding carboxylic acids is 1. The van der Waals surface area contributed by atoms with Gasteiger partial charge in [-0.15, -0.1) is 0 Å². The number of benzene rings is 2. The van der Waals surface area contributed by atoms with Crippen molar-refractivity contribution in [1.82, 2.24) is 4.90 Å². The monoisotopic (exact) mass is 387 g/mol. The standard InChI is InChI=1S/C17H14BrN3O3/c1-21-15(22)17(20-16(21)19)11-7-9(18)3-5-13(11)24-14-6-4-10(23-2)8-12(14)17/h3-8H,1-2H3,(H2,19,20). The Kier molecular flexibility index (Phi) is 3.11. The van der Waals surface area contributed by atoms with E-state index in [-0.39, 0.29) is 11.9 Å². The SMILES string of the molecule is COc1ccc2c(c1)C1(N=C(N)N(C)C1=O)c1cc(Br)ccc1O2. The van der Waals surface area contributed by atoms with E-state index in [1.54, 1.807) is 32.4 Å². The van der Waals surface area contributed by atoms with Crippen LogP contribution in [0.1, 0.15) is 11.1 Å². The molecule has 0 radical (unpaired) electrons.